The molecule has 3 aromatic rings. The number of carbonyl (C=O) groups excluding carboxylic acids is 1. The van der Waals surface area contributed by atoms with Gasteiger partial charge in [0.1, 0.15) is 17.3 Å². The highest BCUT2D eigenvalue weighted by Gasteiger charge is 2.42. The summed E-state index contributed by atoms with van der Waals surface area (Å²) < 4.78 is 6.51. The first-order chi connectivity index (χ1) is 14.2. The lowest BCUT2D eigenvalue weighted by Crippen LogP contribution is -2.27. The van der Waals surface area contributed by atoms with Gasteiger partial charge in [0.25, 0.3) is 11.5 Å². The van der Waals surface area contributed by atoms with Gasteiger partial charge in [-0.15, -0.1) is 0 Å². The van der Waals surface area contributed by atoms with E-state index in [2.05, 4.69) is 9.97 Å². The van der Waals surface area contributed by atoms with E-state index in [1.54, 1.807) is 45.2 Å². The Balaban J connectivity index is 1.79. The van der Waals surface area contributed by atoms with Gasteiger partial charge in [0, 0.05) is 18.3 Å². The van der Waals surface area contributed by atoms with Gasteiger partial charge >= 0.3 is 5.97 Å². The molecule has 0 bridgehead atoms. The second-order valence-electron chi connectivity index (χ2n) is 7.16. The molecule has 0 saturated heterocycles. The Labute approximate surface area is 171 Å². The maximum atomic E-state index is 13.1. The summed E-state index contributed by atoms with van der Waals surface area (Å²) in [4.78, 5) is 47.0. The molecule has 1 aliphatic heterocycles. The van der Waals surface area contributed by atoms with Gasteiger partial charge in [0.15, 0.2) is 5.69 Å². The van der Waals surface area contributed by atoms with Crippen LogP contribution < -0.4 is 10.5 Å². The van der Waals surface area contributed by atoms with E-state index >= 15 is 0 Å². The summed E-state index contributed by atoms with van der Waals surface area (Å²) in [5.74, 6) is -0.819. The second kappa shape index (κ2) is 6.94. The number of hydrogen-bond donors (Lipinski definition) is 1. The highest BCUT2D eigenvalue weighted by molar-refractivity contribution is 6.11. The van der Waals surface area contributed by atoms with Crippen molar-refractivity contribution in [3.63, 3.8) is 0 Å². The Kier molecular flexibility index (Phi) is 4.53. The van der Waals surface area contributed by atoms with Crippen LogP contribution in [-0.4, -0.2) is 31.7 Å². The SMILES string of the molecule is CCC1c2c(C(=O)O)nc(C)nc2C(=O)N1c1ccc(-c2c(C)on(C)c2=O)cc1. The number of rotatable bonds is 4. The average molecular weight is 408 g/mol. The summed E-state index contributed by atoms with van der Waals surface area (Å²) in [6.07, 6.45) is 0.495. The predicted octanol–water partition coefficient (Wildman–Crippen LogP) is 2.86. The zero-order valence-electron chi connectivity index (χ0n) is 17.0. The van der Waals surface area contributed by atoms with E-state index in [1.807, 2.05) is 6.92 Å². The van der Waals surface area contributed by atoms with Crippen molar-refractivity contribution in [2.45, 2.75) is 33.2 Å². The smallest absolute Gasteiger partial charge is 0.355 e. The average Bonchev–Trinajstić information content (AvgIpc) is 3.13. The van der Waals surface area contributed by atoms with Gasteiger partial charge in [0.05, 0.1) is 11.6 Å². The standard InChI is InChI=1S/C21H20N4O5/c1-5-14-16-17(22-11(3)23-18(16)21(28)29)20(27)25(14)13-8-6-12(7-9-13)15-10(2)30-24(4)19(15)26/h6-9,14H,5H2,1-4H3,(H,28,29). The van der Waals surface area contributed by atoms with E-state index in [-0.39, 0.29) is 28.7 Å². The van der Waals surface area contributed by atoms with Crippen LogP contribution in [0.5, 0.6) is 0 Å². The zero-order chi connectivity index (χ0) is 21.7. The first-order valence-corrected chi connectivity index (χ1v) is 9.47. The molecule has 3 heterocycles. The topological polar surface area (TPSA) is 119 Å². The monoisotopic (exact) mass is 408 g/mol. The number of carboxylic acids is 1. The fourth-order valence-corrected chi connectivity index (χ4v) is 4.01. The van der Waals surface area contributed by atoms with Crippen LogP contribution in [0.2, 0.25) is 0 Å². The van der Waals surface area contributed by atoms with Crippen molar-refractivity contribution in [1.29, 1.82) is 0 Å². The van der Waals surface area contributed by atoms with Crippen LogP contribution in [0, 0.1) is 13.8 Å². The molecule has 0 fully saturated rings. The molecule has 0 radical (unpaired) electrons. The van der Waals surface area contributed by atoms with Crippen molar-refractivity contribution in [2.75, 3.05) is 4.90 Å². The van der Waals surface area contributed by atoms with E-state index in [9.17, 15) is 19.5 Å². The number of fused-ring (bicyclic) bond motifs is 1. The number of hydrogen-bond acceptors (Lipinski definition) is 6. The molecule has 9 nitrogen and oxygen atoms in total. The van der Waals surface area contributed by atoms with Gasteiger partial charge in [-0.2, -0.15) is 4.74 Å². The van der Waals surface area contributed by atoms with E-state index < -0.39 is 12.0 Å². The molecule has 1 aromatic carbocycles. The quantitative estimate of drug-likeness (QED) is 0.705. The number of nitrogens with zero attached hydrogens (tertiary/aromatic N) is 4. The largest absolute Gasteiger partial charge is 0.476 e. The van der Waals surface area contributed by atoms with Gasteiger partial charge in [-0.25, -0.2) is 14.8 Å². The highest BCUT2D eigenvalue weighted by Crippen LogP contribution is 2.40. The molecule has 4 rings (SSSR count). The van der Waals surface area contributed by atoms with E-state index in [0.717, 1.165) is 0 Å². The number of benzene rings is 1. The van der Waals surface area contributed by atoms with Crippen molar-refractivity contribution in [2.24, 2.45) is 7.05 Å². The third-order valence-corrected chi connectivity index (χ3v) is 5.27. The summed E-state index contributed by atoms with van der Waals surface area (Å²) in [6.45, 7) is 5.15. The third-order valence-electron chi connectivity index (χ3n) is 5.27. The minimum absolute atomic E-state index is 0.121. The Morgan fingerprint density at radius 1 is 1.17 bits per heavy atom. The van der Waals surface area contributed by atoms with Crippen LogP contribution >= 0.6 is 0 Å². The number of aryl methyl sites for hydroxylation is 3. The van der Waals surface area contributed by atoms with E-state index in [4.69, 9.17) is 4.52 Å². The molecule has 9 heteroatoms. The van der Waals surface area contributed by atoms with Gasteiger partial charge < -0.3 is 9.63 Å². The van der Waals surface area contributed by atoms with Crippen LogP contribution in [0.1, 0.15) is 57.5 Å². The fraction of sp³-hybridized carbons (Fsp3) is 0.286. The lowest BCUT2D eigenvalue weighted by molar-refractivity contribution is 0.0688. The Morgan fingerprint density at radius 2 is 1.83 bits per heavy atom. The van der Waals surface area contributed by atoms with Crippen LogP contribution in [0.3, 0.4) is 0 Å². The second-order valence-corrected chi connectivity index (χ2v) is 7.16. The molecular weight excluding hydrogens is 388 g/mol. The number of amides is 1. The van der Waals surface area contributed by atoms with Crippen molar-refractivity contribution >= 4 is 17.6 Å². The lowest BCUT2D eigenvalue weighted by Gasteiger charge is -2.24. The normalized spacial score (nSPS) is 15.5. The van der Waals surface area contributed by atoms with Crippen molar-refractivity contribution in [3.05, 3.63) is 63.2 Å². The van der Waals surface area contributed by atoms with Crippen molar-refractivity contribution < 1.29 is 19.2 Å². The molecule has 30 heavy (non-hydrogen) atoms. The van der Waals surface area contributed by atoms with E-state index in [0.29, 0.717) is 34.6 Å². The summed E-state index contributed by atoms with van der Waals surface area (Å²) in [5.41, 5.74) is 1.79. The maximum absolute atomic E-state index is 13.1. The maximum Gasteiger partial charge on any atom is 0.355 e. The Bertz CT molecular complexity index is 1240. The van der Waals surface area contributed by atoms with Crippen LogP contribution in [0.15, 0.2) is 33.6 Å². The molecule has 1 unspecified atom stereocenters. The molecule has 1 N–H and O–H groups in total. The fourth-order valence-electron chi connectivity index (χ4n) is 4.01. The molecule has 1 aliphatic rings. The number of aromatic carboxylic acids is 1. The lowest BCUT2D eigenvalue weighted by atomic mass is 10.0. The first-order valence-electron chi connectivity index (χ1n) is 9.47. The van der Waals surface area contributed by atoms with Gasteiger partial charge in [-0.05, 0) is 38.0 Å². The van der Waals surface area contributed by atoms with Crippen molar-refractivity contribution in [1.82, 2.24) is 14.7 Å². The summed E-state index contributed by atoms with van der Waals surface area (Å²) in [7, 11) is 1.54. The number of carboxylic acid groups (broad SMARTS) is 1. The molecule has 0 saturated carbocycles. The highest BCUT2D eigenvalue weighted by atomic mass is 16.5. The zero-order valence-corrected chi connectivity index (χ0v) is 17.0. The molecule has 2 aromatic heterocycles. The van der Waals surface area contributed by atoms with Gasteiger partial charge in [-0.3, -0.25) is 14.5 Å². The Morgan fingerprint density at radius 3 is 2.37 bits per heavy atom. The van der Waals surface area contributed by atoms with E-state index in [1.165, 1.54) is 9.64 Å². The molecule has 1 amide bonds. The summed E-state index contributed by atoms with van der Waals surface area (Å²) in [6, 6.07) is 6.45. The third kappa shape index (κ3) is 2.81. The van der Waals surface area contributed by atoms with Gasteiger partial charge in [-0.1, -0.05) is 19.1 Å². The minimum atomic E-state index is -1.19. The molecule has 154 valence electrons. The molecule has 0 spiro atoms. The first kappa shape index (κ1) is 19.6. The number of carbonyl (C=O) groups is 2. The summed E-state index contributed by atoms with van der Waals surface area (Å²) >= 11 is 0. The van der Waals surface area contributed by atoms with Crippen molar-refractivity contribution in [3.8, 4) is 11.1 Å². The summed E-state index contributed by atoms with van der Waals surface area (Å²) in [5, 5.41) is 9.59. The van der Waals surface area contributed by atoms with Crippen LogP contribution in [0.25, 0.3) is 11.1 Å². The predicted molar refractivity (Wildman–Crippen MR) is 108 cm³/mol. The Hall–Kier alpha value is -3.75. The minimum Gasteiger partial charge on any atom is -0.476 e. The molecule has 0 aliphatic carbocycles. The van der Waals surface area contributed by atoms with Crippen LogP contribution in [-0.2, 0) is 7.05 Å². The molecule has 1 atom stereocenters. The number of anilines is 1. The molecular formula is C21H20N4O5. The van der Waals surface area contributed by atoms with Crippen LogP contribution in [0.4, 0.5) is 5.69 Å². The van der Waals surface area contributed by atoms with Gasteiger partial charge in [0.2, 0.25) is 0 Å². The number of aromatic nitrogens is 3.